The Hall–Kier alpha value is -1.60. The molecule has 0 aliphatic heterocycles. The van der Waals surface area contributed by atoms with Crippen LogP contribution in [0.25, 0.3) is 0 Å². The summed E-state index contributed by atoms with van der Waals surface area (Å²) < 4.78 is 6.63. The number of nitrogens with one attached hydrogen (secondary N) is 2. The van der Waals surface area contributed by atoms with E-state index in [-0.39, 0.29) is 0 Å². The standard InChI is InChI=1S/C13H11Br2N3O2/c1-8-3-2-4-9(5-8)17-13(19)18-16-7-10-6-11(14)12(15)20-10/h2-7H,1H3,(H2,17,18,19)/b16-7+. The van der Waals surface area contributed by atoms with Crippen LogP contribution in [0.5, 0.6) is 0 Å². The maximum absolute atomic E-state index is 11.6. The van der Waals surface area contributed by atoms with Gasteiger partial charge in [0.05, 0.1) is 10.7 Å². The average molecular weight is 401 g/mol. The van der Waals surface area contributed by atoms with Gasteiger partial charge in [-0.25, -0.2) is 10.2 Å². The molecule has 1 aromatic heterocycles. The van der Waals surface area contributed by atoms with E-state index in [4.69, 9.17) is 4.42 Å². The van der Waals surface area contributed by atoms with Gasteiger partial charge < -0.3 is 9.73 Å². The van der Waals surface area contributed by atoms with Gasteiger partial charge in [0.25, 0.3) is 0 Å². The minimum atomic E-state index is -0.420. The molecule has 0 aliphatic carbocycles. The highest BCUT2D eigenvalue weighted by atomic mass is 79.9. The van der Waals surface area contributed by atoms with Crippen LogP contribution in [0.15, 0.2) is 49.0 Å². The number of hydrogen-bond acceptors (Lipinski definition) is 3. The van der Waals surface area contributed by atoms with Gasteiger partial charge in [0, 0.05) is 11.8 Å². The lowest BCUT2D eigenvalue weighted by Gasteiger charge is -2.04. The summed E-state index contributed by atoms with van der Waals surface area (Å²) in [4.78, 5) is 11.6. The predicted molar refractivity (Wildman–Crippen MR) is 85.0 cm³/mol. The highest BCUT2D eigenvalue weighted by Gasteiger charge is 2.04. The zero-order valence-electron chi connectivity index (χ0n) is 10.5. The molecule has 0 radical (unpaired) electrons. The van der Waals surface area contributed by atoms with Crippen molar-refractivity contribution in [1.29, 1.82) is 0 Å². The van der Waals surface area contributed by atoms with Gasteiger partial charge in [-0.2, -0.15) is 5.10 Å². The quantitative estimate of drug-likeness (QED) is 0.596. The van der Waals surface area contributed by atoms with Crippen molar-refractivity contribution in [1.82, 2.24) is 5.43 Å². The first kappa shape index (κ1) is 14.8. The molecule has 0 aliphatic rings. The maximum Gasteiger partial charge on any atom is 0.339 e. The predicted octanol–water partition coefficient (Wildman–Crippen LogP) is 4.27. The molecule has 7 heteroatoms. The fraction of sp³-hybridized carbons (Fsp3) is 0.0769. The topological polar surface area (TPSA) is 66.6 Å². The molecule has 0 saturated heterocycles. The third kappa shape index (κ3) is 4.21. The smallest absolute Gasteiger partial charge is 0.339 e. The summed E-state index contributed by atoms with van der Waals surface area (Å²) >= 11 is 6.50. The van der Waals surface area contributed by atoms with E-state index in [0.717, 1.165) is 10.0 Å². The molecule has 1 heterocycles. The van der Waals surface area contributed by atoms with E-state index in [9.17, 15) is 4.79 Å². The van der Waals surface area contributed by atoms with Crippen molar-refractivity contribution in [3.8, 4) is 0 Å². The van der Waals surface area contributed by atoms with E-state index >= 15 is 0 Å². The van der Waals surface area contributed by atoms with Crippen LogP contribution in [0.3, 0.4) is 0 Å². The Morgan fingerprint density at radius 1 is 1.35 bits per heavy atom. The summed E-state index contributed by atoms with van der Waals surface area (Å²) in [6, 6.07) is 8.80. The second-order valence-corrected chi connectivity index (χ2v) is 5.54. The molecular formula is C13H11Br2N3O2. The van der Waals surface area contributed by atoms with Crippen LogP contribution >= 0.6 is 31.9 Å². The van der Waals surface area contributed by atoms with Gasteiger partial charge in [0.15, 0.2) is 4.67 Å². The van der Waals surface area contributed by atoms with E-state index in [2.05, 4.69) is 47.7 Å². The van der Waals surface area contributed by atoms with Crippen LogP contribution in [-0.4, -0.2) is 12.2 Å². The number of hydrogen-bond donors (Lipinski definition) is 2. The molecule has 0 saturated carbocycles. The summed E-state index contributed by atoms with van der Waals surface area (Å²) in [6.07, 6.45) is 1.41. The molecule has 0 bridgehead atoms. The van der Waals surface area contributed by atoms with Crippen molar-refractivity contribution in [2.75, 3.05) is 5.32 Å². The Labute approximate surface area is 132 Å². The van der Waals surface area contributed by atoms with Crippen LogP contribution in [0.1, 0.15) is 11.3 Å². The van der Waals surface area contributed by atoms with Gasteiger partial charge in [0.2, 0.25) is 0 Å². The van der Waals surface area contributed by atoms with Crippen LogP contribution in [0, 0.1) is 6.92 Å². The molecule has 0 fully saturated rings. The van der Waals surface area contributed by atoms with Gasteiger partial charge in [-0.1, -0.05) is 12.1 Å². The van der Waals surface area contributed by atoms with Crippen molar-refractivity contribution in [3.63, 3.8) is 0 Å². The van der Waals surface area contributed by atoms with Gasteiger partial charge in [0.1, 0.15) is 5.76 Å². The summed E-state index contributed by atoms with van der Waals surface area (Å²) in [6.45, 7) is 1.95. The zero-order valence-corrected chi connectivity index (χ0v) is 13.7. The summed E-state index contributed by atoms with van der Waals surface area (Å²) in [5.74, 6) is 0.514. The van der Waals surface area contributed by atoms with Gasteiger partial charge in [-0.05, 0) is 56.5 Å². The first-order valence-corrected chi connectivity index (χ1v) is 7.25. The minimum absolute atomic E-state index is 0.420. The van der Waals surface area contributed by atoms with Crippen LogP contribution in [0.4, 0.5) is 10.5 Å². The zero-order chi connectivity index (χ0) is 14.5. The van der Waals surface area contributed by atoms with Gasteiger partial charge >= 0.3 is 6.03 Å². The molecule has 20 heavy (non-hydrogen) atoms. The van der Waals surface area contributed by atoms with E-state index in [0.29, 0.717) is 16.1 Å². The largest absolute Gasteiger partial charge is 0.447 e. The SMILES string of the molecule is Cc1cccc(NC(=O)N/N=C/c2cc(Br)c(Br)o2)c1. The van der Waals surface area contributed by atoms with Gasteiger partial charge in [-0.3, -0.25) is 0 Å². The fourth-order valence-electron chi connectivity index (χ4n) is 1.46. The second-order valence-electron chi connectivity index (χ2n) is 3.96. The molecule has 2 rings (SSSR count). The number of carbonyl (C=O) groups is 1. The first-order valence-electron chi connectivity index (χ1n) is 5.66. The average Bonchev–Trinajstić information content (AvgIpc) is 2.68. The number of aryl methyl sites for hydroxylation is 1. The lowest BCUT2D eigenvalue weighted by atomic mass is 10.2. The normalized spacial score (nSPS) is 10.8. The number of furan rings is 1. The highest BCUT2D eigenvalue weighted by Crippen LogP contribution is 2.25. The Balaban J connectivity index is 1.89. The number of urea groups is 1. The number of anilines is 1. The molecule has 2 amide bonds. The van der Waals surface area contributed by atoms with Crippen molar-refractivity contribution in [3.05, 3.63) is 50.8 Å². The van der Waals surface area contributed by atoms with Crippen LogP contribution < -0.4 is 10.7 Å². The van der Waals surface area contributed by atoms with Crippen LogP contribution in [-0.2, 0) is 0 Å². The molecule has 104 valence electrons. The molecular weight excluding hydrogens is 390 g/mol. The number of nitrogens with zero attached hydrogens (tertiary/aromatic N) is 1. The molecule has 5 nitrogen and oxygen atoms in total. The lowest BCUT2D eigenvalue weighted by molar-refractivity contribution is 0.252. The minimum Gasteiger partial charge on any atom is -0.447 e. The number of amides is 2. The van der Waals surface area contributed by atoms with Crippen molar-refractivity contribution in [2.24, 2.45) is 5.10 Å². The summed E-state index contributed by atoms with van der Waals surface area (Å²) in [7, 11) is 0. The number of carbonyl (C=O) groups excluding carboxylic acids is 1. The highest BCUT2D eigenvalue weighted by molar-refractivity contribution is 9.13. The number of benzene rings is 1. The molecule has 1 aromatic carbocycles. The van der Waals surface area contributed by atoms with Crippen molar-refractivity contribution < 1.29 is 9.21 Å². The molecule has 0 spiro atoms. The third-order valence-corrected chi connectivity index (χ3v) is 4.01. The fourth-order valence-corrected chi connectivity index (χ4v) is 2.07. The summed E-state index contributed by atoms with van der Waals surface area (Å²) in [5.41, 5.74) is 4.13. The van der Waals surface area contributed by atoms with Crippen molar-refractivity contribution in [2.45, 2.75) is 6.92 Å². The van der Waals surface area contributed by atoms with E-state index in [1.165, 1.54) is 6.21 Å². The Morgan fingerprint density at radius 2 is 2.15 bits per heavy atom. The Morgan fingerprint density at radius 3 is 2.80 bits per heavy atom. The lowest BCUT2D eigenvalue weighted by Crippen LogP contribution is -2.24. The number of halogens is 2. The molecule has 2 N–H and O–H groups in total. The molecule has 0 atom stereocenters. The first-order chi connectivity index (χ1) is 9.54. The number of rotatable bonds is 3. The Bertz CT molecular complexity index is 633. The van der Waals surface area contributed by atoms with Gasteiger partial charge in [-0.15, -0.1) is 0 Å². The monoisotopic (exact) mass is 399 g/mol. The number of hydrazone groups is 1. The van der Waals surface area contributed by atoms with E-state index < -0.39 is 6.03 Å². The van der Waals surface area contributed by atoms with Crippen molar-refractivity contribution >= 4 is 49.8 Å². The van der Waals surface area contributed by atoms with Crippen LogP contribution in [0.2, 0.25) is 0 Å². The Kier molecular flexibility index (Phi) is 4.97. The second kappa shape index (κ2) is 6.71. The van der Waals surface area contributed by atoms with E-state index in [1.807, 2.05) is 25.1 Å². The maximum atomic E-state index is 11.6. The molecule has 2 aromatic rings. The molecule has 0 unspecified atom stereocenters. The van der Waals surface area contributed by atoms with E-state index in [1.54, 1.807) is 12.1 Å². The summed E-state index contributed by atoms with van der Waals surface area (Å²) in [5, 5.41) is 6.46. The third-order valence-electron chi connectivity index (χ3n) is 2.30.